The highest BCUT2D eigenvalue weighted by Gasteiger charge is 2.17. The van der Waals surface area contributed by atoms with Crippen LogP contribution in [0, 0.1) is 0 Å². The molecule has 0 saturated carbocycles. The molecule has 1 aromatic heterocycles. The van der Waals surface area contributed by atoms with Gasteiger partial charge in [-0.05, 0) is 31.7 Å². The molecular formula is C13H17NO2. The molecule has 16 heavy (non-hydrogen) atoms. The lowest BCUT2D eigenvalue weighted by Gasteiger charge is -2.21. The van der Waals surface area contributed by atoms with Crippen molar-refractivity contribution in [2.75, 3.05) is 13.7 Å². The predicted octanol–water partition coefficient (Wildman–Crippen LogP) is 2.12. The van der Waals surface area contributed by atoms with E-state index < -0.39 is 0 Å². The fourth-order valence-corrected chi connectivity index (χ4v) is 1.96. The summed E-state index contributed by atoms with van der Waals surface area (Å²) in [5, 5.41) is 13.7. The number of hydrogen-bond acceptors (Lipinski definition) is 3. The van der Waals surface area contributed by atoms with Crippen LogP contribution >= 0.6 is 0 Å². The molecule has 3 heteroatoms. The third-order valence-corrected chi connectivity index (χ3v) is 3.16. The van der Waals surface area contributed by atoms with Crippen molar-refractivity contribution in [1.29, 1.82) is 0 Å². The van der Waals surface area contributed by atoms with E-state index in [1.165, 1.54) is 0 Å². The van der Waals surface area contributed by atoms with Crippen LogP contribution < -0.4 is 5.32 Å². The third-order valence-electron chi connectivity index (χ3n) is 3.16. The van der Waals surface area contributed by atoms with E-state index in [1.54, 1.807) is 6.26 Å². The van der Waals surface area contributed by atoms with Gasteiger partial charge in [-0.1, -0.05) is 12.1 Å². The molecular weight excluding hydrogens is 202 g/mol. The van der Waals surface area contributed by atoms with Gasteiger partial charge in [0, 0.05) is 17.3 Å². The zero-order chi connectivity index (χ0) is 11.5. The quantitative estimate of drug-likeness (QED) is 0.828. The average Bonchev–Trinajstić information content (AvgIpc) is 2.77. The van der Waals surface area contributed by atoms with Crippen LogP contribution in [0.15, 0.2) is 34.9 Å². The molecule has 0 aliphatic heterocycles. The van der Waals surface area contributed by atoms with Crippen LogP contribution in [0.3, 0.4) is 0 Å². The molecule has 2 aromatic rings. The highest BCUT2D eigenvalue weighted by Crippen LogP contribution is 2.24. The van der Waals surface area contributed by atoms with Crippen molar-refractivity contribution in [2.45, 2.75) is 18.9 Å². The number of benzene rings is 1. The Morgan fingerprint density at radius 1 is 1.38 bits per heavy atom. The fraction of sp³-hybridized carbons (Fsp3) is 0.385. The van der Waals surface area contributed by atoms with Crippen LogP contribution in [-0.4, -0.2) is 24.8 Å². The Kier molecular flexibility index (Phi) is 3.27. The van der Waals surface area contributed by atoms with E-state index in [0.29, 0.717) is 0 Å². The Bertz CT molecular complexity index is 464. The van der Waals surface area contributed by atoms with Gasteiger partial charge >= 0.3 is 0 Å². The molecule has 1 heterocycles. The number of likely N-dealkylation sites (N-methyl/N-ethyl adjacent to an activating group) is 1. The summed E-state index contributed by atoms with van der Waals surface area (Å²) in [5.74, 6) is 0.0968. The summed E-state index contributed by atoms with van der Waals surface area (Å²) >= 11 is 0. The minimum absolute atomic E-state index is 0.0968. The van der Waals surface area contributed by atoms with Gasteiger partial charge in [0.1, 0.15) is 5.58 Å². The molecule has 3 nitrogen and oxygen atoms in total. The maximum Gasteiger partial charge on any atom is 0.134 e. The smallest absolute Gasteiger partial charge is 0.134 e. The Balaban J connectivity index is 2.36. The van der Waals surface area contributed by atoms with Gasteiger partial charge in [0.05, 0.1) is 12.9 Å². The highest BCUT2D eigenvalue weighted by molar-refractivity contribution is 5.77. The van der Waals surface area contributed by atoms with Gasteiger partial charge in [-0.3, -0.25) is 0 Å². The third kappa shape index (κ3) is 1.96. The van der Waals surface area contributed by atoms with Crippen molar-refractivity contribution in [1.82, 2.24) is 5.32 Å². The summed E-state index contributed by atoms with van der Waals surface area (Å²) in [6.07, 6.45) is 1.68. The van der Waals surface area contributed by atoms with Crippen molar-refractivity contribution in [2.24, 2.45) is 0 Å². The van der Waals surface area contributed by atoms with Gasteiger partial charge in [-0.25, -0.2) is 0 Å². The maximum atomic E-state index is 9.43. The molecule has 86 valence electrons. The highest BCUT2D eigenvalue weighted by atomic mass is 16.3. The molecule has 0 aliphatic carbocycles. The van der Waals surface area contributed by atoms with Crippen LogP contribution in [0.4, 0.5) is 0 Å². The summed E-state index contributed by atoms with van der Waals surface area (Å²) in [4.78, 5) is 0. The van der Waals surface area contributed by atoms with Crippen LogP contribution in [0.5, 0.6) is 0 Å². The minimum atomic E-state index is 0.0968. The standard InChI is InChI=1S/C13H17NO2/c1-9(14-2)12(8-15)11-4-3-10-5-6-16-13(10)7-11/h3-7,9,12,14-15H,8H2,1-2H3/t9-,12?/m0/s1. The predicted molar refractivity (Wildman–Crippen MR) is 64.6 cm³/mol. The van der Waals surface area contributed by atoms with Crippen molar-refractivity contribution in [3.63, 3.8) is 0 Å². The van der Waals surface area contributed by atoms with Gasteiger partial charge in [0.25, 0.3) is 0 Å². The maximum absolute atomic E-state index is 9.43. The van der Waals surface area contributed by atoms with E-state index in [1.807, 2.05) is 31.3 Å². The lowest BCUT2D eigenvalue weighted by atomic mass is 9.93. The molecule has 0 spiro atoms. The summed E-state index contributed by atoms with van der Waals surface area (Å²) in [7, 11) is 1.90. The SMILES string of the molecule is CN[C@@H](C)C(CO)c1ccc2ccoc2c1. The van der Waals surface area contributed by atoms with Gasteiger partial charge in [-0.2, -0.15) is 0 Å². The number of furan rings is 1. The summed E-state index contributed by atoms with van der Waals surface area (Å²) in [5.41, 5.74) is 1.98. The first-order valence-corrected chi connectivity index (χ1v) is 5.51. The summed E-state index contributed by atoms with van der Waals surface area (Å²) in [6, 6.07) is 8.25. The van der Waals surface area contributed by atoms with E-state index in [0.717, 1.165) is 16.5 Å². The first kappa shape index (κ1) is 11.2. The Morgan fingerprint density at radius 2 is 2.19 bits per heavy atom. The van der Waals surface area contributed by atoms with Crippen molar-refractivity contribution >= 4 is 11.0 Å². The van der Waals surface area contributed by atoms with Crippen LogP contribution in [0.25, 0.3) is 11.0 Å². The molecule has 0 amide bonds. The molecule has 0 saturated heterocycles. The average molecular weight is 219 g/mol. The van der Waals surface area contributed by atoms with Crippen LogP contribution in [0.2, 0.25) is 0 Å². The molecule has 0 radical (unpaired) electrons. The minimum Gasteiger partial charge on any atom is -0.464 e. The second kappa shape index (κ2) is 4.68. The normalized spacial score (nSPS) is 15.2. The molecule has 2 atom stereocenters. The molecule has 0 bridgehead atoms. The van der Waals surface area contributed by atoms with E-state index in [2.05, 4.69) is 12.2 Å². The van der Waals surface area contributed by atoms with Crippen molar-refractivity contribution in [3.05, 3.63) is 36.1 Å². The van der Waals surface area contributed by atoms with Gasteiger partial charge in [0.2, 0.25) is 0 Å². The van der Waals surface area contributed by atoms with E-state index in [9.17, 15) is 5.11 Å². The molecule has 2 rings (SSSR count). The number of aliphatic hydroxyl groups is 1. The zero-order valence-electron chi connectivity index (χ0n) is 9.60. The van der Waals surface area contributed by atoms with Gasteiger partial charge < -0.3 is 14.8 Å². The number of fused-ring (bicyclic) bond motifs is 1. The number of rotatable bonds is 4. The largest absolute Gasteiger partial charge is 0.464 e. The molecule has 2 N–H and O–H groups in total. The monoisotopic (exact) mass is 219 g/mol. The summed E-state index contributed by atoms with van der Waals surface area (Å²) in [6.45, 7) is 2.20. The van der Waals surface area contributed by atoms with Gasteiger partial charge in [-0.15, -0.1) is 0 Å². The topological polar surface area (TPSA) is 45.4 Å². The first-order valence-electron chi connectivity index (χ1n) is 5.51. The van der Waals surface area contributed by atoms with E-state index in [-0.39, 0.29) is 18.6 Å². The lowest BCUT2D eigenvalue weighted by Crippen LogP contribution is -2.30. The number of nitrogens with one attached hydrogen (secondary N) is 1. The molecule has 1 unspecified atom stereocenters. The second-order valence-corrected chi connectivity index (χ2v) is 4.08. The number of hydrogen-bond donors (Lipinski definition) is 2. The molecule has 0 aliphatic rings. The Hall–Kier alpha value is -1.32. The van der Waals surface area contributed by atoms with Gasteiger partial charge in [0.15, 0.2) is 0 Å². The Morgan fingerprint density at radius 3 is 2.88 bits per heavy atom. The fourth-order valence-electron chi connectivity index (χ4n) is 1.96. The van der Waals surface area contributed by atoms with Crippen LogP contribution in [0.1, 0.15) is 18.4 Å². The van der Waals surface area contributed by atoms with E-state index >= 15 is 0 Å². The van der Waals surface area contributed by atoms with Crippen molar-refractivity contribution < 1.29 is 9.52 Å². The lowest BCUT2D eigenvalue weighted by molar-refractivity contribution is 0.243. The zero-order valence-corrected chi connectivity index (χ0v) is 9.60. The molecule has 0 fully saturated rings. The summed E-state index contributed by atoms with van der Waals surface area (Å²) < 4.78 is 5.36. The van der Waals surface area contributed by atoms with Crippen LogP contribution in [-0.2, 0) is 0 Å². The second-order valence-electron chi connectivity index (χ2n) is 4.08. The Labute approximate surface area is 95.1 Å². The molecule has 1 aromatic carbocycles. The first-order chi connectivity index (χ1) is 7.76. The van der Waals surface area contributed by atoms with Crippen molar-refractivity contribution in [3.8, 4) is 0 Å². The van der Waals surface area contributed by atoms with E-state index in [4.69, 9.17) is 4.42 Å². The number of aliphatic hydroxyl groups excluding tert-OH is 1.